The molecule has 0 heterocycles. The highest BCUT2D eigenvalue weighted by Crippen LogP contribution is 2.35. The van der Waals surface area contributed by atoms with Crippen LogP contribution in [0, 0.1) is 0 Å². The molecule has 0 aromatic heterocycles. The molecule has 0 saturated heterocycles. The zero-order valence-corrected chi connectivity index (χ0v) is 9.80. The predicted octanol–water partition coefficient (Wildman–Crippen LogP) is 1.42. The normalized spacial score (nSPS) is 22.7. The summed E-state index contributed by atoms with van der Waals surface area (Å²) in [6, 6.07) is 8.42. The van der Waals surface area contributed by atoms with Gasteiger partial charge in [-0.1, -0.05) is 24.3 Å². The predicted molar refractivity (Wildman–Crippen MR) is 64.4 cm³/mol. The molecule has 1 aliphatic rings. The molecule has 3 atom stereocenters. The fourth-order valence-corrected chi connectivity index (χ4v) is 3.22. The summed E-state index contributed by atoms with van der Waals surface area (Å²) in [6.45, 7) is 2.47. The minimum atomic E-state index is -0.776. The average Bonchev–Trinajstić information content (AvgIpc) is 2.24. The van der Waals surface area contributed by atoms with Crippen molar-refractivity contribution >= 4 is 10.8 Å². The summed E-state index contributed by atoms with van der Waals surface area (Å²) in [4.78, 5) is 0. The number of nitrogens with two attached hydrogens (primary N) is 1. The third kappa shape index (κ3) is 2.13. The molecule has 0 aliphatic heterocycles. The molecule has 2 N–H and O–H groups in total. The molecular weight excluding hydrogens is 206 g/mol. The molecule has 3 heteroatoms. The smallest absolute Gasteiger partial charge is 0.0442 e. The molecule has 0 fully saturated rings. The van der Waals surface area contributed by atoms with Crippen LogP contribution in [-0.4, -0.2) is 21.8 Å². The quantitative estimate of drug-likeness (QED) is 0.839. The van der Waals surface area contributed by atoms with Gasteiger partial charge in [0.2, 0.25) is 0 Å². The molecule has 1 aromatic carbocycles. The second-order valence-corrected chi connectivity index (χ2v) is 6.09. The van der Waals surface area contributed by atoms with Gasteiger partial charge in [-0.05, 0) is 30.4 Å². The molecular formula is C12H17NOS. The van der Waals surface area contributed by atoms with Gasteiger partial charge in [0.05, 0.1) is 0 Å². The third-order valence-electron chi connectivity index (χ3n) is 3.11. The van der Waals surface area contributed by atoms with Crippen molar-refractivity contribution in [3.8, 4) is 0 Å². The molecule has 1 aromatic rings. The van der Waals surface area contributed by atoms with E-state index in [-0.39, 0.29) is 5.25 Å². The summed E-state index contributed by atoms with van der Waals surface area (Å²) in [5.74, 6) is 1.27. The lowest BCUT2D eigenvalue weighted by molar-refractivity contribution is 0.637. The molecule has 0 spiro atoms. The van der Waals surface area contributed by atoms with E-state index in [9.17, 15) is 4.21 Å². The zero-order chi connectivity index (χ0) is 10.8. The van der Waals surface area contributed by atoms with Crippen LogP contribution in [0.5, 0.6) is 0 Å². The van der Waals surface area contributed by atoms with Crippen LogP contribution in [0.25, 0.3) is 0 Å². The number of benzene rings is 1. The van der Waals surface area contributed by atoms with Gasteiger partial charge in [-0.15, -0.1) is 0 Å². The molecule has 1 aliphatic carbocycles. The molecule has 0 radical (unpaired) electrons. The lowest BCUT2D eigenvalue weighted by Crippen LogP contribution is -2.29. The van der Waals surface area contributed by atoms with Gasteiger partial charge in [-0.2, -0.15) is 0 Å². The first-order valence-electron chi connectivity index (χ1n) is 5.37. The zero-order valence-electron chi connectivity index (χ0n) is 8.98. The Kier molecular flexibility index (Phi) is 3.22. The minimum absolute atomic E-state index is 0.123. The van der Waals surface area contributed by atoms with Gasteiger partial charge < -0.3 is 5.73 Å². The number of fused-ring (bicyclic) bond motifs is 1. The third-order valence-corrected chi connectivity index (χ3v) is 4.93. The first-order chi connectivity index (χ1) is 7.22. The lowest BCUT2D eigenvalue weighted by Gasteiger charge is -2.30. The molecule has 2 rings (SSSR count). The largest absolute Gasteiger partial charge is 0.329 e. The Hall–Kier alpha value is -0.670. The maximum absolute atomic E-state index is 11.8. The fraction of sp³-hybridized carbons (Fsp3) is 0.500. The Morgan fingerprint density at radius 1 is 1.53 bits per heavy atom. The summed E-state index contributed by atoms with van der Waals surface area (Å²) >= 11 is 0. The minimum Gasteiger partial charge on any atom is -0.329 e. The topological polar surface area (TPSA) is 43.1 Å². The molecule has 2 nitrogen and oxygen atoms in total. The highest BCUT2D eigenvalue weighted by atomic mass is 32.2. The second-order valence-electron chi connectivity index (χ2n) is 4.19. The summed E-state index contributed by atoms with van der Waals surface area (Å²) in [5.41, 5.74) is 8.31. The van der Waals surface area contributed by atoms with Gasteiger partial charge in [0, 0.05) is 28.3 Å². The molecule has 3 unspecified atom stereocenters. The standard InChI is InChI=1S/C12H17NOS/c1-9(7-13)15(14)8-11-6-10-4-2-3-5-12(10)11/h2-5,9,11H,6-8,13H2,1H3. The van der Waals surface area contributed by atoms with Crippen LogP contribution in [0.15, 0.2) is 24.3 Å². The monoisotopic (exact) mass is 223 g/mol. The van der Waals surface area contributed by atoms with Crippen LogP contribution in [0.4, 0.5) is 0 Å². The van der Waals surface area contributed by atoms with Crippen molar-refractivity contribution < 1.29 is 4.21 Å². The summed E-state index contributed by atoms with van der Waals surface area (Å²) in [7, 11) is -0.776. The van der Waals surface area contributed by atoms with E-state index in [1.54, 1.807) is 0 Å². The number of rotatable bonds is 4. The first kappa shape index (κ1) is 10.8. The summed E-state index contributed by atoms with van der Waals surface area (Å²) in [5, 5.41) is 0.123. The van der Waals surface area contributed by atoms with E-state index >= 15 is 0 Å². The van der Waals surface area contributed by atoms with Gasteiger partial charge in [0.15, 0.2) is 0 Å². The van der Waals surface area contributed by atoms with Crippen LogP contribution in [0.1, 0.15) is 24.0 Å². The second kappa shape index (κ2) is 4.45. The van der Waals surface area contributed by atoms with Crippen molar-refractivity contribution in [1.29, 1.82) is 0 Å². The Morgan fingerprint density at radius 2 is 2.27 bits per heavy atom. The van der Waals surface area contributed by atoms with Crippen molar-refractivity contribution in [3.63, 3.8) is 0 Å². The Balaban J connectivity index is 1.98. The van der Waals surface area contributed by atoms with Gasteiger partial charge in [0.25, 0.3) is 0 Å². The van der Waals surface area contributed by atoms with E-state index in [0.717, 1.165) is 12.2 Å². The Bertz CT molecular complexity index is 378. The van der Waals surface area contributed by atoms with Crippen LogP contribution in [0.3, 0.4) is 0 Å². The lowest BCUT2D eigenvalue weighted by atomic mass is 9.79. The number of hydrogen-bond donors (Lipinski definition) is 1. The van der Waals surface area contributed by atoms with Crippen LogP contribution >= 0.6 is 0 Å². The molecule has 82 valence electrons. The fourth-order valence-electron chi connectivity index (χ4n) is 1.98. The van der Waals surface area contributed by atoms with Crippen molar-refractivity contribution in [2.24, 2.45) is 5.73 Å². The van der Waals surface area contributed by atoms with Crippen molar-refractivity contribution in [2.75, 3.05) is 12.3 Å². The average molecular weight is 223 g/mol. The summed E-state index contributed by atoms with van der Waals surface area (Å²) in [6.07, 6.45) is 1.08. The molecule has 0 bridgehead atoms. The van der Waals surface area contributed by atoms with Gasteiger partial charge in [-0.25, -0.2) is 0 Å². The Morgan fingerprint density at radius 3 is 2.93 bits per heavy atom. The van der Waals surface area contributed by atoms with Gasteiger partial charge in [-0.3, -0.25) is 4.21 Å². The molecule has 0 amide bonds. The first-order valence-corrected chi connectivity index (χ1v) is 6.75. The van der Waals surface area contributed by atoms with E-state index in [1.165, 1.54) is 11.1 Å². The van der Waals surface area contributed by atoms with E-state index in [0.29, 0.717) is 12.5 Å². The molecule has 15 heavy (non-hydrogen) atoms. The van der Waals surface area contributed by atoms with Crippen LogP contribution < -0.4 is 5.73 Å². The van der Waals surface area contributed by atoms with Crippen LogP contribution in [0.2, 0.25) is 0 Å². The summed E-state index contributed by atoms with van der Waals surface area (Å²) < 4.78 is 11.8. The van der Waals surface area contributed by atoms with Gasteiger partial charge in [0.1, 0.15) is 0 Å². The SMILES string of the molecule is CC(CN)S(=O)CC1Cc2ccccc21. The molecule has 0 saturated carbocycles. The van der Waals surface area contributed by atoms with E-state index < -0.39 is 10.8 Å². The maximum Gasteiger partial charge on any atom is 0.0442 e. The van der Waals surface area contributed by atoms with E-state index in [1.807, 2.05) is 6.92 Å². The van der Waals surface area contributed by atoms with Crippen molar-refractivity contribution in [1.82, 2.24) is 0 Å². The van der Waals surface area contributed by atoms with Crippen molar-refractivity contribution in [3.05, 3.63) is 35.4 Å². The van der Waals surface area contributed by atoms with E-state index in [4.69, 9.17) is 5.73 Å². The highest BCUT2D eigenvalue weighted by molar-refractivity contribution is 7.85. The van der Waals surface area contributed by atoms with Crippen molar-refractivity contribution in [2.45, 2.75) is 24.5 Å². The highest BCUT2D eigenvalue weighted by Gasteiger charge is 2.27. The van der Waals surface area contributed by atoms with Crippen LogP contribution in [-0.2, 0) is 17.2 Å². The number of hydrogen-bond acceptors (Lipinski definition) is 2. The maximum atomic E-state index is 11.8. The Labute approximate surface area is 93.3 Å². The van der Waals surface area contributed by atoms with E-state index in [2.05, 4.69) is 24.3 Å². The van der Waals surface area contributed by atoms with Gasteiger partial charge >= 0.3 is 0 Å².